The van der Waals surface area contributed by atoms with Crippen LogP contribution in [0.1, 0.15) is 25.8 Å². The van der Waals surface area contributed by atoms with E-state index in [4.69, 9.17) is 11.6 Å². The van der Waals surface area contributed by atoms with Gasteiger partial charge in [0.25, 0.3) is 0 Å². The molecule has 138 valence electrons. The van der Waals surface area contributed by atoms with E-state index in [0.717, 1.165) is 11.4 Å². The number of carbonyl (C=O) groups excluding carboxylic acids is 1. The Labute approximate surface area is 158 Å². The number of hydrogen-bond acceptors (Lipinski definition) is 3. The van der Waals surface area contributed by atoms with Crippen molar-refractivity contribution in [1.82, 2.24) is 9.88 Å². The first-order valence-electron chi connectivity index (χ1n) is 8.85. The summed E-state index contributed by atoms with van der Waals surface area (Å²) < 4.78 is 13.2. The average molecular weight is 376 g/mol. The van der Waals surface area contributed by atoms with Gasteiger partial charge in [0.1, 0.15) is 11.6 Å². The van der Waals surface area contributed by atoms with Gasteiger partial charge in [-0.05, 0) is 35.7 Å². The van der Waals surface area contributed by atoms with E-state index in [1.165, 1.54) is 12.1 Å². The summed E-state index contributed by atoms with van der Waals surface area (Å²) in [6.45, 7) is 5.95. The Morgan fingerprint density at radius 3 is 2.65 bits per heavy atom. The summed E-state index contributed by atoms with van der Waals surface area (Å²) in [5.74, 6) is 0.814. The van der Waals surface area contributed by atoms with Crippen molar-refractivity contribution in [3.05, 3.63) is 59.0 Å². The Bertz CT molecular complexity index is 766. The van der Waals surface area contributed by atoms with E-state index < -0.39 is 0 Å². The van der Waals surface area contributed by atoms with Crippen LogP contribution in [0.3, 0.4) is 0 Å². The van der Waals surface area contributed by atoms with Gasteiger partial charge < -0.3 is 9.80 Å². The number of hydrogen-bond donors (Lipinski definition) is 0. The molecule has 1 aliphatic rings. The van der Waals surface area contributed by atoms with Crippen molar-refractivity contribution >= 4 is 23.3 Å². The molecule has 0 saturated carbocycles. The lowest BCUT2D eigenvalue weighted by Crippen LogP contribution is -2.46. The van der Waals surface area contributed by atoms with E-state index in [2.05, 4.69) is 23.7 Å². The lowest BCUT2D eigenvalue weighted by atomic mass is 10.0. The van der Waals surface area contributed by atoms with Crippen molar-refractivity contribution in [2.24, 2.45) is 5.92 Å². The zero-order valence-corrected chi connectivity index (χ0v) is 15.8. The molecule has 1 amide bonds. The number of pyridine rings is 1. The maximum atomic E-state index is 13.2. The molecule has 1 atom stereocenters. The third kappa shape index (κ3) is 4.15. The average Bonchev–Trinajstić information content (AvgIpc) is 2.77. The monoisotopic (exact) mass is 375 g/mol. The van der Waals surface area contributed by atoms with E-state index in [9.17, 15) is 9.18 Å². The van der Waals surface area contributed by atoms with Gasteiger partial charge in [-0.25, -0.2) is 9.37 Å². The van der Waals surface area contributed by atoms with Gasteiger partial charge in [0.05, 0.1) is 11.1 Å². The fourth-order valence-electron chi connectivity index (χ4n) is 3.34. The van der Waals surface area contributed by atoms with Gasteiger partial charge in [-0.3, -0.25) is 4.79 Å². The minimum atomic E-state index is -0.271. The highest BCUT2D eigenvalue weighted by atomic mass is 35.5. The highest BCUT2D eigenvalue weighted by Gasteiger charge is 2.32. The summed E-state index contributed by atoms with van der Waals surface area (Å²) in [7, 11) is 0. The molecule has 26 heavy (non-hydrogen) atoms. The van der Waals surface area contributed by atoms with E-state index in [-0.39, 0.29) is 23.7 Å². The molecular formula is C20H23ClFN3O. The molecule has 2 aromatic rings. The number of halogens is 2. The van der Waals surface area contributed by atoms with E-state index in [0.29, 0.717) is 31.1 Å². The number of nitrogens with zero attached hydrogens (tertiary/aromatic N) is 3. The fraction of sp³-hybridized carbons (Fsp3) is 0.400. The van der Waals surface area contributed by atoms with Crippen LogP contribution in [-0.2, 0) is 11.3 Å². The zero-order valence-electron chi connectivity index (χ0n) is 15.0. The predicted octanol–water partition coefficient (Wildman–Crippen LogP) is 4.14. The Hall–Kier alpha value is -2.14. The van der Waals surface area contributed by atoms with Crippen LogP contribution >= 0.6 is 11.6 Å². The molecule has 0 aliphatic carbocycles. The molecule has 3 rings (SSSR count). The van der Waals surface area contributed by atoms with Crippen molar-refractivity contribution in [2.45, 2.75) is 32.9 Å². The molecule has 2 heterocycles. The topological polar surface area (TPSA) is 36.4 Å². The Morgan fingerprint density at radius 1 is 1.27 bits per heavy atom. The number of rotatable bonds is 4. The Kier molecular flexibility index (Phi) is 5.77. The third-order valence-electron chi connectivity index (χ3n) is 4.80. The van der Waals surface area contributed by atoms with Crippen LogP contribution in [0.5, 0.6) is 0 Å². The molecule has 0 unspecified atom stereocenters. The summed E-state index contributed by atoms with van der Waals surface area (Å²) >= 11 is 6.32. The second-order valence-electron chi connectivity index (χ2n) is 6.96. The fourth-order valence-corrected chi connectivity index (χ4v) is 3.58. The molecule has 4 nitrogen and oxygen atoms in total. The first kappa shape index (κ1) is 18.6. The standard InChI is InChI=1S/C20H23ClFN3O/c1-14(2)18-13-24(20-17(21)4-3-10-23-20)11-9-19(26)25(18)12-15-5-7-16(22)8-6-15/h3-8,10,14,18H,9,11-13H2,1-2H3/t18-/m0/s1. The molecule has 0 spiro atoms. The van der Waals surface area contributed by atoms with Gasteiger partial charge in [0.15, 0.2) is 0 Å². The first-order chi connectivity index (χ1) is 12.5. The molecule has 1 aromatic heterocycles. The second-order valence-corrected chi connectivity index (χ2v) is 7.37. The molecule has 1 fully saturated rings. The SMILES string of the molecule is CC(C)[C@@H]1CN(c2ncccc2Cl)CCC(=O)N1Cc1ccc(F)cc1. The van der Waals surface area contributed by atoms with E-state index >= 15 is 0 Å². The van der Waals surface area contributed by atoms with Crippen LogP contribution in [0, 0.1) is 11.7 Å². The van der Waals surface area contributed by atoms with Crippen LogP contribution in [0.25, 0.3) is 0 Å². The third-order valence-corrected chi connectivity index (χ3v) is 5.09. The van der Waals surface area contributed by atoms with Crippen LogP contribution in [0.2, 0.25) is 5.02 Å². The van der Waals surface area contributed by atoms with Gasteiger partial charge in [-0.2, -0.15) is 0 Å². The minimum Gasteiger partial charge on any atom is -0.353 e. The summed E-state index contributed by atoms with van der Waals surface area (Å²) in [5.41, 5.74) is 0.926. The van der Waals surface area contributed by atoms with Crippen LogP contribution in [0.4, 0.5) is 10.2 Å². The molecule has 1 aromatic carbocycles. The highest BCUT2D eigenvalue weighted by molar-refractivity contribution is 6.32. The summed E-state index contributed by atoms with van der Waals surface area (Å²) in [4.78, 5) is 21.2. The maximum Gasteiger partial charge on any atom is 0.224 e. The lowest BCUT2D eigenvalue weighted by molar-refractivity contribution is -0.134. The van der Waals surface area contributed by atoms with Crippen molar-refractivity contribution in [2.75, 3.05) is 18.0 Å². The normalized spacial score (nSPS) is 18.3. The van der Waals surface area contributed by atoms with E-state index in [1.54, 1.807) is 24.4 Å². The van der Waals surface area contributed by atoms with Crippen LogP contribution in [0.15, 0.2) is 42.6 Å². The molecule has 0 radical (unpaired) electrons. The maximum absolute atomic E-state index is 13.2. The summed E-state index contributed by atoms with van der Waals surface area (Å²) in [5, 5.41) is 0.592. The molecule has 6 heteroatoms. The number of amides is 1. The van der Waals surface area contributed by atoms with Crippen LogP contribution < -0.4 is 4.90 Å². The van der Waals surface area contributed by atoms with Gasteiger partial charge in [-0.1, -0.05) is 37.6 Å². The van der Waals surface area contributed by atoms with Crippen molar-refractivity contribution in [3.63, 3.8) is 0 Å². The number of anilines is 1. The largest absolute Gasteiger partial charge is 0.353 e. The molecule has 0 bridgehead atoms. The molecular weight excluding hydrogens is 353 g/mol. The first-order valence-corrected chi connectivity index (χ1v) is 9.23. The zero-order chi connectivity index (χ0) is 18.7. The van der Waals surface area contributed by atoms with E-state index in [1.807, 2.05) is 11.0 Å². The Balaban J connectivity index is 1.86. The molecule has 1 saturated heterocycles. The predicted molar refractivity (Wildman–Crippen MR) is 102 cm³/mol. The van der Waals surface area contributed by atoms with Crippen molar-refractivity contribution < 1.29 is 9.18 Å². The summed E-state index contributed by atoms with van der Waals surface area (Å²) in [6, 6.07) is 9.97. The smallest absolute Gasteiger partial charge is 0.224 e. The van der Waals surface area contributed by atoms with Gasteiger partial charge >= 0.3 is 0 Å². The van der Waals surface area contributed by atoms with Crippen LogP contribution in [-0.4, -0.2) is 34.9 Å². The number of carbonyl (C=O) groups is 1. The minimum absolute atomic E-state index is 0.0214. The second kappa shape index (κ2) is 8.04. The van der Waals surface area contributed by atoms with Gasteiger partial charge in [0, 0.05) is 32.3 Å². The molecule has 1 aliphatic heterocycles. The Morgan fingerprint density at radius 2 is 2.00 bits per heavy atom. The summed E-state index contributed by atoms with van der Waals surface area (Å²) in [6.07, 6.45) is 2.12. The molecule has 0 N–H and O–H groups in total. The van der Waals surface area contributed by atoms with Gasteiger partial charge in [-0.15, -0.1) is 0 Å². The quantitative estimate of drug-likeness (QED) is 0.805. The van der Waals surface area contributed by atoms with Crippen molar-refractivity contribution in [3.8, 4) is 0 Å². The highest BCUT2D eigenvalue weighted by Crippen LogP contribution is 2.27. The number of aromatic nitrogens is 1. The van der Waals surface area contributed by atoms with Crippen molar-refractivity contribution in [1.29, 1.82) is 0 Å². The van der Waals surface area contributed by atoms with Gasteiger partial charge in [0.2, 0.25) is 5.91 Å². The number of benzene rings is 1. The lowest BCUT2D eigenvalue weighted by Gasteiger charge is -2.35.